The number of benzene rings is 1. The zero-order valence-electron chi connectivity index (χ0n) is 13.7. The molecule has 1 heterocycles. The summed E-state index contributed by atoms with van der Waals surface area (Å²) in [5.41, 5.74) is 1.41. The summed E-state index contributed by atoms with van der Waals surface area (Å²) < 4.78 is 102. The van der Waals surface area contributed by atoms with E-state index < -0.39 is 53.1 Å². The van der Waals surface area contributed by atoms with Crippen molar-refractivity contribution in [1.29, 1.82) is 0 Å². The highest BCUT2D eigenvalue weighted by Gasteiger charge is 2.32. The number of allylic oxidation sites excluding steroid dienone is 2. The molecule has 2 aromatic rings. The predicted octanol–water partition coefficient (Wildman–Crippen LogP) is 5.10. The Balaban J connectivity index is 2.44. The first-order chi connectivity index (χ1) is 12.9. The fourth-order valence-electron chi connectivity index (χ4n) is 2.02. The number of nitrogens with zero attached hydrogens (tertiary/aromatic N) is 2. The highest BCUT2D eigenvalue weighted by Crippen LogP contribution is 2.30. The summed E-state index contributed by atoms with van der Waals surface area (Å²) in [5, 5.41) is 0. The lowest BCUT2D eigenvalue weighted by atomic mass is 10.1. The molecule has 0 radical (unpaired) electrons. The van der Waals surface area contributed by atoms with Gasteiger partial charge in [-0.1, -0.05) is 0 Å². The fourth-order valence-corrected chi connectivity index (χ4v) is 2.02. The van der Waals surface area contributed by atoms with Crippen molar-refractivity contribution in [2.45, 2.75) is 18.8 Å². The molecule has 0 saturated heterocycles. The van der Waals surface area contributed by atoms with E-state index in [0.717, 1.165) is 12.1 Å². The summed E-state index contributed by atoms with van der Waals surface area (Å²) in [5.74, 6) is -2.12. The third kappa shape index (κ3) is 5.76. The predicted molar refractivity (Wildman–Crippen MR) is 84.7 cm³/mol. The van der Waals surface area contributed by atoms with Crippen molar-refractivity contribution >= 4 is 11.4 Å². The maximum atomic E-state index is 13.7. The van der Waals surface area contributed by atoms with Crippen molar-refractivity contribution < 1.29 is 35.1 Å². The van der Waals surface area contributed by atoms with Crippen LogP contribution >= 0.6 is 0 Å². The molecular weight excluding hydrogens is 398 g/mol. The molecule has 0 aliphatic carbocycles. The van der Waals surface area contributed by atoms with Crippen molar-refractivity contribution in [1.82, 2.24) is 4.98 Å². The van der Waals surface area contributed by atoms with E-state index in [9.17, 15) is 35.1 Å². The molecule has 0 saturated carbocycles. The van der Waals surface area contributed by atoms with Crippen LogP contribution in [0.4, 0.5) is 40.8 Å². The molecule has 28 heavy (non-hydrogen) atoms. The fraction of sp³-hybridized carbons (Fsp3) is 0.176. The van der Waals surface area contributed by atoms with Gasteiger partial charge in [-0.15, -0.1) is 0 Å². The first-order valence-electron chi connectivity index (χ1n) is 7.45. The number of aliphatic imine (C=N–C) groups is 1. The van der Waals surface area contributed by atoms with Crippen LogP contribution in [0, 0.1) is 11.6 Å². The Morgan fingerprint density at radius 2 is 1.64 bits per heavy atom. The highest BCUT2D eigenvalue weighted by atomic mass is 19.4. The van der Waals surface area contributed by atoms with Gasteiger partial charge in [-0.2, -0.15) is 26.3 Å². The minimum absolute atomic E-state index is 0.128. The van der Waals surface area contributed by atoms with Gasteiger partial charge in [-0.3, -0.25) is 9.98 Å². The third-order valence-electron chi connectivity index (χ3n) is 3.35. The molecule has 0 aliphatic rings. The van der Waals surface area contributed by atoms with Crippen LogP contribution in [0.3, 0.4) is 0 Å². The van der Waals surface area contributed by atoms with E-state index in [0.29, 0.717) is 30.5 Å². The van der Waals surface area contributed by atoms with E-state index in [1.807, 2.05) is 0 Å². The van der Waals surface area contributed by atoms with Gasteiger partial charge in [0.2, 0.25) is 0 Å². The zero-order chi connectivity index (χ0) is 21.1. The summed E-state index contributed by atoms with van der Waals surface area (Å²) in [4.78, 5) is 7.23. The molecule has 3 nitrogen and oxygen atoms in total. The number of aromatic nitrogens is 1. The van der Waals surface area contributed by atoms with Crippen molar-refractivity contribution in [2.75, 3.05) is 0 Å². The minimum atomic E-state index is -4.91. The topological polar surface area (TPSA) is 51.3 Å². The monoisotopic (exact) mass is 409 g/mol. The van der Waals surface area contributed by atoms with Crippen molar-refractivity contribution in [3.05, 3.63) is 71.2 Å². The Morgan fingerprint density at radius 3 is 2.14 bits per heavy atom. The molecule has 0 unspecified atom stereocenters. The van der Waals surface area contributed by atoms with Crippen LogP contribution in [0.1, 0.15) is 11.3 Å². The van der Waals surface area contributed by atoms with Crippen LogP contribution in [-0.4, -0.2) is 16.9 Å². The third-order valence-corrected chi connectivity index (χ3v) is 3.35. The summed E-state index contributed by atoms with van der Waals surface area (Å²) in [6.07, 6.45) is -9.06. The second kappa shape index (κ2) is 7.95. The molecule has 0 spiro atoms. The number of halogens is 8. The van der Waals surface area contributed by atoms with Gasteiger partial charge in [0, 0.05) is 18.2 Å². The quantitative estimate of drug-likeness (QED) is 0.565. The van der Waals surface area contributed by atoms with Gasteiger partial charge in [0.1, 0.15) is 17.3 Å². The molecule has 11 heteroatoms. The van der Waals surface area contributed by atoms with Gasteiger partial charge in [-0.05, 0) is 30.3 Å². The Kier molecular flexibility index (Phi) is 6.05. The first-order valence-corrected chi connectivity index (χ1v) is 7.45. The van der Waals surface area contributed by atoms with E-state index in [1.165, 1.54) is 0 Å². The molecule has 150 valence electrons. The van der Waals surface area contributed by atoms with Gasteiger partial charge in [0.25, 0.3) is 0 Å². The van der Waals surface area contributed by atoms with Crippen LogP contribution in [0.25, 0.3) is 0 Å². The number of nitrogens with two attached hydrogens (primary N) is 1. The molecule has 0 bridgehead atoms. The van der Waals surface area contributed by atoms with E-state index in [-0.39, 0.29) is 5.69 Å². The molecule has 0 amide bonds. The largest absolute Gasteiger partial charge is 0.430 e. The first kappa shape index (κ1) is 21.3. The van der Waals surface area contributed by atoms with Crippen molar-refractivity contribution in [3.63, 3.8) is 0 Å². The number of hydrogen-bond donors (Lipinski definition) is 1. The Bertz CT molecular complexity index is 896. The Labute approximate surface area is 153 Å². The molecule has 2 rings (SSSR count). The standard InChI is InChI=1S/C17H11F8N3/c18-10-5-13(19)14(27-8-10)6-12(7-15(26)17(23,24)25)28-11-3-1-9(2-4-11)16(20,21)22/h1-5,7-8H,6,26H2. The van der Waals surface area contributed by atoms with Gasteiger partial charge in [-0.25, -0.2) is 8.78 Å². The molecule has 1 aromatic heterocycles. The van der Waals surface area contributed by atoms with E-state index in [1.54, 1.807) is 0 Å². The van der Waals surface area contributed by atoms with Gasteiger partial charge >= 0.3 is 12.4 Å². The van der Waals surface area contributed by atoms with E-state index in [4.69, 9.17) is 5.73 Å². The molecule has 0 fully saturated rings. The lowest BCUT2D eigenvalue weighted by Gasteiger charge is -2.09. The van der Waals surface area contributed by atoms with E-state index >= 15 is 0 Å². The molecule has 0 aliphatic heterocycles. The summed E-state index contributed by atoms with van der Waals surface area (Å²) in [6.45, 7) is 0. The molecule has 1 aromatic carbocycles. The number of pyridine rings is 1. The average Bonchev–Trinajstić information content (AvgIpc) is 2.56. The number of hydrogen-bond acceptors (Lipinski definition) is 3. The number of alkyl halides is 6. The van der Waals surface area contributed by atoms with Crippen LogP contribution in [0.15, 0.2) is 53.3 Å². The lowest BCUT2D eigenvalue weighted by molar-refractivity contribution is -0.137. The van der Waals surface area contributed by atoms with Crippen LogP contribution in [-0.2, 0) is 12.6 Å². The SMILES string of the molecule is NC(=CC(Cc1ncc(F)cc1F)=Nc1ccc(C(F)(F)F)cc1)C(F)(F)F. The van der Waals surface area contributed by atoms with Gasteiger partial charge in [0.05, 0.1) is 23.1 Å². The maximum Gasteiger partial charge on any atom is 0.430 e. The zero-order valence-corrected chi connectivity index (χ0v) is 13.7. The van der Waals surface area contributed by atoms with Crippen LogP contribution < -0.4 is 5.73 Å². The minimum Gasteiger partial charge on any atom is -0.395 e. The second-order valence-electron chi connectivity index (χ2n) is 5.50. The molecule has 2 N–H and O–H groups in total. The molecule has 0 atom stereocenters. The van der Waals surface area contributed by atoms with Gasteiger partial charge < -0.3 is 5.73 Å². The van der Waals surface area contributed by atoms with Crippen LogP contribution in [0.2, 0.25) is 0 Å². The number of rotatable bonds is 4. The average molecular weight is 409 g/mol. The lowest BCUT2D eigenvalue weighted by Crippen LogP contribution is -2.21. The smallest absolute Gasteiger partial charge is 0.395 e. The summed E-state index contributed by atoms with van der Waals surface area (Å²) in [7, 11) is 0. The van der Waals surface area contributed by atoms with Crippen LogP contribution in [0.5, 0.6) is 0 Å². The second-order valence-corrected chi connectivity index (χ2v) is 5.50. The molecular formula is C17H11F8N3. The summed E-state index contributed by atoms with van der Waals surface area (Å²) >= 11 is 0. The Hall–Kier alpha value is -2.98. The Morgan fingerprint density at radius 1 is 1.04 bits per heavy atom. The van der Waals surface area contributed by atoms with Gasteiger partial charge in [0.15, 0.2) is 0 Å². The van der Waals surface area contributed by atoms with E-state index in [2.05, 4.69) is 9.98 Å². The summed E-state index contributed by atoms with van der Waals surface area (Å²) in [6, 6.07) is 3.70. The van der Waals surface area contributed by atoms with Crippen molar-refractivity contribution in [3.8, 4) is 0 Å². The van der Waals surface area contributed by atoms with Crippen molar-refractivity contribution in [2.24, 2.45) is 10.7 Å². The normalized spacial score (nSPS) is 13.7. The maximum absolute atomic E-state index is 13.7. The highest BCUT2D eigenvalue weighted by molar-refractivity contribution is 5.98.